The van der Waals surface area contributed by atoms with Crippen LogP contribution < -0.4 is 10.6 Å². The Morgan fingerprint density at radius 2 is 2.10 bits per heavy atom. The molecule has 0 spiro atoms. The van der Waals surface area contributed by atoms with Gasteiger partial charge >= 0.3 is 0 Å². The summed E-state index contributed by atoms with van der Waals surface area (Å²) >= 11 is 3.25. The van der Waals surface area contributed by atoms with E-state index in [0.29, 0.717) is 11.4 Å². The molecule has 0 aliphatic carbocycles. The Labute approximate surface area is 128 Å². The van der Waals surface area contributed by atoms with Gasteiger partial charge in [0, 0.05) is 29.3 Å². The van der Waals surface area contributed by atoms with E-state index in [9.17, 15) is 14.9 Å². The third-order valence-corrected chi connectivity index (χ3v) is 3.16. The first kappa shape index (κ1) is 14.9. The van der Waals surface area contributed by atoms with Crippen molar-refractivity contribution in [2.75, 3.05) is 17.7 Å². The highest BCUT2D eigenvalue weighted by atomic mass is 79.9. The van der Waals surface area contributed by atoms with E-state index in [1.165, 1.54) is 18.2 Å². The van der Waals surface area contributed by atoms with Crippen molar-refractivity contribution in [3.63, 3.8) is 0 Å². The summed E-state index contributed by atoms with van der Waals surface area (Å²) in [7, 11) is 1.56. The summed E-state index contributed by atoms with van der Waals surface area (Å²) in [5, 5.41) is 16.2. The zero-order valence-electron chi connectivity index (χ0n) is 11.0. The molecule has 8 heteroatoms. The number of benzene rings is 1. The summed E-state index contributed by atoms with van der Waals surface area (Å²) in [4.78, 5) is 26.4. The van der Waals surface area contributed by atoms with Gasteiger partial charge in [-0.15, -0.1) is 0 Å². The van der Waals surface area contributed by atoms with Gasteiger partial charge in [0.15, 0.2) is 0 Å². The van der Waals surface area contributed by atoms with Gasteiger partial charge in [0.05, 0.1) is 4.92 Å². The topological polar surface area (TPSA) is 97.2 Å². The van der Waals surface area contributed by atoms with Crippen molar-refractivity contribution in [3.8, 4) is 0 Å². The Bertz CT molecular complexity index is 688. The number of amides is 1. The number of pyridine rings is 1. The Morgan fingerprint density at radius 3 is 2.67 bits per heavy atom. The van der Waals surface area contributed by atoms with Gasteiger partial charge in [-0.1, -0.05) is 0 Å². The van der Waals surface area contributed by atoms with Gasteiger partial charge < -0.3 is 10.6 Å². The molecule has 108 valence electrons. The number of aromatic nitrogens is 1. The second kappa shape index (κ2) is 6.31. The number of carbonyl (C=O) groups is 1. The van der Waals surface area contributed by atoms with Crippen molar-refractivity contribution in [2.45, 2.75) is 0 Å². The summed E-state index contributed by atoms with van der Waals surface area (Å²) in [6.45, 7) is 0. The van der Waals surface area contributed by atoms with E-state index < -0.39 is 10.8 Å². The number of halogens is 1. The summed E-state index contributed by atoms with van der Waals surface area (Å²) in [6, 6.07) is 7.50. The predicted molar refractivity (Wildman–Crippen MR) is 82.5 cm³/mol. The minimum Gasteiger partial charge on any atom is -0.383 e. The van der Waals surface area contributed by atoms with Gasteiger partial charge in [-0.25, -0.2) is 4.98 Å². The highest BCUT2D eigenvalue weighted by molar-refractivity contribution is 9.10. The fourth-order valence-corrected chi connectivity index (χ4v) is 1.91. The van der Waals surface area contributed by atoms with Gasteiger partial charge in [0.25, 0.3) is 11.6 Å². The number of carbonyl (C=O) groups excluding carboxylic acids is 1. The van der Waals surface area contributed by atoms with E-state index in [0.717, 1.165) is 4.47 Å². The van der Waals surface area contributed by atoms with Crippen molar-refractivity contribution in [1.82, 2.24) is 4.98 Å². The molecule has 1 amide bonds. The molecule has 0 radical (unpaired) electrons. The number of hydrogen-bond donors (Lipinski definition) is 2. The van der Waals surface area contributed by atoms with Crippen LogP contribution >= 0.6 is 15.9 Å². The van der Waals surface area contributed by atoms with Crippen LogP contribution in [-0.4, -0.2) is 22.9 Å². The van der Waals surface area contributed by atoms with Crippen molar-refractivity contribution >= 4 is 39.0 Å². The van der Waals surface area contributed by atoms with Crippen LogP contribution in [-0.2, 0) is 0 Å². The molecule has 0 fully saturated rings. The van der Waals surface area contributed by atoms with Gasteiger partial charge in [0.2, 0.25) is 0 Å². The number of hydrogen-bond acceptors (Lipinski definition) is 5. The van der Waals surface area contributed by atoms with Crippen LogP contribution in [0.1, 0.15) is 10.4 Å². The van der Waals surface area contributed by atoms with Gasteiger partial charge in [-0.05, 0) is 40.2 Å². The molecule has 0 saturated carbocycles. The molecule has 0 aliphatic rings. The van der Waals surface area contributed by atoms with Gasteiger partial charge in [0.1, 0.15) is 11.5 Å². The van der Waals surface area contributed by atoms with E-state index in [2.05, 4.69) is 31.5 Å². The summed E-state index contributed by atoms with van der Waals surface area (Å²) in [6.07, 6.45) is 1.56. The fraction of sp³-hybridized carbons (Fsp3) is 0.0769. The van der Waals surface area contributed by atoms with E-state index >= 15 is 0 Å². The number of nitro benzene ring substituents is 1. The molecule has 1 aromatic heterocycles. The van der Waals surface area contributed by atoms with Crippen molar-refractivity contribution < 1.29 is 9.72 Å². The standard InChI is InChI=1S/C13H11BrN4O3/c1-15-10-6-8(2-4-11(10)18(20)21)13(19)17-12-5-3-9(14)7-16-12/h2-7,15H,1H3,(H,16,17,19). The molecule has 2 N–H and O–H groups in total. The van der Waals surface area contributed by atoms with E-state index in [-0.39, 0.29) is 11.4 Å². The van der Waals surface area contributed by atoms with Crippen LogP contribution in [0.25, 0.3) is 0 Å². The predicted octanol–water partition coefficient (Wildman–Crippen LogP) is 3.05. The zero-order chi connectivity index (χ0) is 15.4. The summed E-state index contributed by atoms with van der Waals surface area (Å²) in [5.74, 6) is 0.00350. The van der Waals surface area contributed by atoms with Crippen molar-refractivity contribution in [3.05, 3.63) is 56.7 Å². The van der Waals surface area contributed by atoms with Crippen LogP contribution in [0.4, 0.5) is 17.2 Å². The lowest BCUT2D eigenvalue weighted by Crippen LogP contribution is -2.13. The maximum absolute atomic E-state index is 12.1. The normalized spacial score (nSPS) is 10.0. The minimum absolute atomic E-state index is 0.0872. The number of nitrogens with one attached hydrogen (secondary N) is 2. The molecule has 2 rings (SSSR count). The lowest BCUT2D eigenvalue weighted by molar-refractivity contribution is -0.383. The largest absolute Gasteiger partial charge is 0.383 e. The van der Waals surface area contributed by atoms with Crippen LogP contribution in [0.5, 0.6) is 0 Å². The molecule has 0 saturated heterocycles. The number of anilines is 2. The Balaban J connectivity index is 2.23. The molecule has 7 nitrogen and oxygen atoms in total. The first-order chi connectivity index (χ1) is 10.0. The van der Waals surface area contributed by atoms with Crippen LogP contribution in [0, 0.1) is 10.1 Å². The van der Waals surface area contributed by atoms with Crippen LogP contribution in [0.15, 0.2) is 41.0 Å². The monoisotopic (exact) mass is 350 g/mol. The smallest absolute Gasteiger partial charge is 0.292 e. The number of rotatable bonds is 4. The lowest BCUT2D eigenvalue weighted by Gasteiger charge is -2.07. The van der Waals surface area contributed by atoms with Gasteiger partial charge in [-0.2, -0.15) is 0 Å². The molecule has 1 heterocycles. The molecule has 0 unspecified atom stereocenters. The second-order valence-corrected chi connectivity index (χ2v) is 4.97. The van der Waals surface area contributed by atoms with E-state index in [4.69, 9.17) is 0 Å². The lowest BCUT2D eigenvalue weighted by atomic mass is 10.1. The quantitative estimate of drug-likeness (QED) is 0.652. The molecule has 0 aliphatic heterocycles. The summed E-state index contributed by atoms with van der Waals surface area (Å²) < 4.78 is 0.799. The number of nitrogens with zero attached hydrogens (tertiary/aromatic N) is 2. The number of nitro groups is 1. The van der Waals surface area contributed by atoms with E-state index in [1.54, 1.807) is 25.4 Å². The molecule has 0 bridgehead atoms. The molecular formula is C13H11BrN4O3. The fourth-order valence-electron chi connectivity index (χ4n) is 1.67. The highest BCUT2D eigenvalue weighted by Gasteiger charge is 2.16. The maximum Gasteiger partial charge on any atom is 0.292 e. The van der Waals surface area contributed by atoms with Crippen LogP contribution in [0.3, 0.4) is 0 Å². The molecular weight excluding hydrogens is 340 g/mol. The third-order valence-electron chi connectivity index (χ3n) is 2.69. The average Bonchev–Trinajstić information content (AvgIpc) is 2.48. The Kier molecular flexibility index (Phi) is 4.49. The van der Waals surface area contributed by atoms with Crippen molar-refractivity contribution in [2.24, 2.45) is 0 Å². The summed E-state index contributed by atoms with van der Waals surface area (Å²) in [5.41, 5.74) is 0.488. The molecule has 1 aromatic carbocycles. The van der Waals surface area contributed by atoms with Gasteiger partial charge in [-0.3, -0.25) is 14.9 Å². The average molecular weight is 351 g/mol. The molecule has 0 atom stereocenters. The van der Waals surface area contributed by atoms with Crippen LogP contribution in [0.2, 0.25) is 0 Å². The Morgan fingerprint density at radius 1 is 1.33 bits per heavy atom. The zero-order valence-corrected chi connectivity index (χ0v) is 12.5. The maximum atomic E-state index is 12.1. The van der Waals surface area contributed by atoms with E-state index in [1.807, 2.05) is 0 Å². The van der Waals surface area contributed by atoms with Crippen molar-refractivity contribution in [1.29, 1.82) is 0 Å². The third kappa shape index (κ3) is 3.54. The minimum atomic E-state index is -0.510. The first-order valence-corrected chi connectivity index (χ1v) is 6.69. The first-order valence-electron chi connectivity index (χ1n) is 5.90. The SMILES string of the molecule is CNc1cc(C(=O)Nc2ccc(Br)cn2)ccc1[N+](=O)[O-]. The molecule has 2 aromatic rings. The second-order valence-electron chi connectivity index (χ2n) is 4.05. The Hall–Kier alpha value is -2.48. The highest BCUT2D eigenvalue weighted by Crippen LogP contribution is 2.25. The molecule has 21 heavy (non-hydrogen) atoms.